The molecule has 2 aromatic carbocycles. The standard InChI is InChI=1S/C25H32FN3O2/c1-3-22(27)17-31-28-23(19-8-5-4-6-9-19)16-18(2)29-15-7-10-24(29)25(30)20-11-13-21(26)14-12-20/h4-6,8-9,11-14,18,22,24H,3,7,10,15-17,27H2,1-2H3/b28-23+. The van der Waals surface area contributed by atoms with Crippen LogP contribution in [0.25, 0.3) is 0 Å². The summed E-state index contributed by atoms with van der Waals surface area (Å²) in [6.07, 6.45) is 3.24. The predicted octanol–water partition coefficient (Wildman–Crippen LogP) is 4.41. The molecule has 1 saturated heterocycles. The molecule has 3 rings (SSSR count). The molecule has 0 aromatic heterocycles. The smallest absolute Gasteiger partial charge is 0.179 e. The number of hydrogen-bond donors (Lipinski definition) is 1. The van der Waals surface area contributed by atoms with Crippen molar-refractivity contribution in [2.75, 3.05) is 13.2 Å². The van der Waals surface area contributed by atoms with Gasteiger partial charge in [0.2, 0.25) is 0 Å². The van der Waals surface area contributed by atoms with Crippen molar-refractivity contribution in [3.8, 4) is 0 Å². The summed E-state index contributed by atoms with van der Waals surface area (Å²) >= 11 is 0. The summed E-state index contributed by atoms with van der Waals surface area (Å²) in [7, 11) is 0. The van der Waals surface area contributed by atoms with Crippen LogP contribution in [0.5, 0.6) is 0 Å². The fraction of sp³-hybridized carbons (Fsp3) is 0.440. The van der Waals surface area contributed by atoms with Gasteiger partial charge in [0.15, 0.2) is 5.78 Å². The number of likely N-dealkylation sites (tertiary alicyclic amines) is 1. The number of ketones is 1. The Balaban J connectivity index is 1.73. The van der Waals surface area contributed by atoms with E-state index in [1.54, 1.807) is 12.1 Å². The number of carbonyl (C=O) groups is 1. The molecule has 0 aliphatic carbocycles. The third-order valence-corrected chi connectivity index (χ3v) is 5.88. The van der Waals surface area contributed by atoms with Gasteiger partial charge in [0.25, 0.3) is 0 Å². The first-order valence-corrected chi connectivity index (χ1v) is 11.0. The van der Waals surface area contributed by atoms with E-state index in [1.165, 1.54) is 12.1 Å². The van der Waals surface area contributed by atoms with Crippen LogP contribution in [-0.4, -0.2) is 47.7 Å². The maximum Gasteiger partial charge on any atom is 0.179 e. The van der Waals surface area contributed by atoms with E-state index in [-0.39, 0.29) is 29.7 Å². The first-order chi connectivity index (χ1) is 15.0. The van der Waals surface area contributed by atoms with E-state index in [1.807, 2.05) is 37.3 Å². The van der Waals surface area contributed by atoms with Crippen LogP contribution in [0.3, 0.4) is 0 Å². The van der Waals surface area contributed by atoms with Crippen molar-refractivity contribution >= 4 is 11.5 Å². The van der Waals surface area contributed by atoms with E-state index in [0.29, 0.717) is 18.6 Å². The monoisotopic (exact) mass is 425 g/mol. The minimum absolute atomic E-state index is 0.0468. The summed E-state index contributed by atoms with van der Waals surface area (Å²) in [5.74, 6) is -0.285. The van der Waals surface area contributed by atoms with E-state index >= 15 is 0 Å². The second-order valence-corrected chi connectivity index (χ2v) is 8.19. The molecule has 0 radical (unpaired) electrons. The first kappa shape index (κ1) is 23.1. The number of halogens is 1. The Bertz CT molecular complexity index is 870. The molecule has 3 atom stereocenters. The SMILES string of the molecule is CCC(N)CO/N=C(\CC(C)N1CCCC1C(=O)c1ccc(F)cc1)c1ccccc1. The van der Waals surface area contributed by atoms with E-state index in [0.717, 1.165) is 37.1 Å². The van der Waals surface area contributed by atoms with Gasteiger partial charge in [-0.25, -0.2) is 4.39 Å². The molecule has 1 fully saturated rings. The maximum atomic E-state index is 13.3. The van der Waals surface area contributed by atoms with Gasteiger partial charge in [-0.05, 0) is 62.6 Å². The van der Waals surface area contributed by atoms with Gasteiger partial charge < -0.3 is 10.6 Å². The number of oxime groups is 1. The molecule has 1 heterocycles. The lowest BCUT2D eigenvalue weighted by Gasteiger charge is -2.30. The zero-order valence-corrected chi connectivity index (χ0v) is 18.3. The molecule has 6 heteroatoms. The third kappa shape index (κ3) is 6.21. The highest BCUT2D eigenvalue weighted by atomic mass is 19.1. The van der Waals surface area contributed by atoms with Gasteiger partial charge in [0, 0.05) is 24.1 Å². The van der Waals surface area contributed by atoms with E-state index in [2.05, 4.69) is 17.0 Å². The number of rotatable bonds is 10. The summed E-state index contributed by atoms with van der Waals surface area (Å²) in [4.78, 5) is 20.9. The Labute approximate surface area is 184 Å². The van der Waals surface area contributed by atoms with Crippen molar-refractivity contribution in [2.24, 2.45) is 10.9 Å². The van der Waals surface area contributed by atoms with Crippen LogP contribution in [0.4, 0.5) is 4.39 Å². The molecule has 2 N–H and O–H groups in total. The van der Waals surface area contributed by atoms with E-state index in [9.17, 15) is 9.18 Å². The molecular formula is C25H32FN3O2. The fourth-order valence-electron chi connectivity index (χ4n) is 3.97. The van der Waals surface area contributed by atoms with Crippen LogP contribution in [0.2, 0.25) is 0 Å². The summed E-state index contributed by atoms with van der Waals surface area (Å²) in [6.45, 7) is 5.36. The van der Waals surface area contributed by atoms with Gasteiger partial charge in [-0.15, -0.1) is 0 Å². The predicted molar refractivity (Wildman–Crippen MR) is 122 cm³/mol. The van der Waals surface area contributed by atoms with E-state index in [4.69, 9.17) is 10.6 Å². The third-order valence-electron chi connectivity index (χ3n) is 5.88. The highest BCUT2D eigenvalue weighted by Crippen LogP contribution is 2.26. The molecule has 0 spiro atoms. The molecule has 5 nitrogen and oxygen atoms in total. The summed E-state index contributed by atoms with van der Waals surface area (Å²) in [6, 6.07) is 15.6. The molecule has 0 saturated carbocycles. The van der Waals surface area contributed by atoms with Crippen molar-refractivity contribution in [3.63, 3.8) is 0 Å². The lowest BCUT2D eigenvalue weighted by molar-refractivity contribution is 0.0828. The Morgan fingerprint density at radius 2 is 1.90 bits per heavy atom. The van der Waals surface area contributed by atoms with Crippen molar-refractivity contribution in [2.45, 2.75) is 57.7 Å². The number of hydrogen-bond acceptors (Lipinski definition) is 5. The Kier molecular flexibility index (Phi) is 8.32. The normalized spacial score (nSPS) is 19.2. The second kappa shape index (κ2) is 11.2. The number of benzene rings is 2. The van der Waals surface area contributed by atoms with Gasteiger partial charge >= 0.3 is 0 Å². The Morgan fingerprint density at radius 1 is 1.19 bits per heavy atom. The fourth-order valence-corrected chi connectivity index (χ4v) is 3.97. The van der Waals surface area contributed by atoms with Gasteiger partial charge in [-0.2, -0.15) is 0 Å². The largest absolute Gasteiger partial charge is 0.394 e. The van der Waals surface area contributed by atoms with Crippen molar-refractivity contribution in [1.29, 1.82) is 0 Å². The van der Waals surface area contributed by atoms with E-state index < -0.39 is 0 Å². The van der Waals surface area contributed by atoms with Gasteiger partial charge in [0.1, 0.15) is 12.4 Å². The number of nitrogens with two attached hydrogens (primary N) is 1. The van der Waals surface area contributed by atoms with Crippen LogP contribution in [-0.2, 0) is 4.84 Å². The minimum atomic E-state index is -0.334. The molecule has 166 valence electrons. The van der Waals surface area contributed by atoms with Crippen LogP contribution in [0, 0.1) is 5.82 Å². The molecule has 0 amide bonds. The highest BCUT2D eigenvalue weighted by molar-refractivity contribution is 6.01. The van der Waals surface area contributed by atoms with Crippen molar-refractivity contribution in [3.05, 3.63) is 71.5 Å². The summed E-state index contributed by atoms with van der Waals surface area (Å²) in [5, 5.41) is 4.41. The van der Waals surface area contributed by atoms with Crippen molar-refractivity contribution in [1.82, 2.24) is 4.90 Å². The van der Waals surface area contributed by atoms with Crippen LogP contribution >= 0.6 is 0 Å². The molecule has 3 unspecified atom stereocenters. The summed E-state index contributed by atoms with van der Waals surface area (Å²) in [5.41, 5.74) is 8.35. The zero-order valence-electron chi connectivity index (χ0n) is 18.3. The highest BCUT2D eigenvalue weighted by Gasteiger charge is 2.34. The van der Waals surface area contributed by atoms with Crippen molar-refractivity contribution < 1.29 is 14.0 Å². The number of carbonyl (C=O) groups excluding carboxylic acids is 1. The first-order valence-electron chi connectivity index (χ1n) is 11.0. The topological polar surface area (TPSA) is 67.9 Å². The van der Waals surface area contributed by atoms with Crippen LogP contribution < -0.4 is 5.73 Å². The van der Waals surface area contributed by atoms with Gasteiger partial charge in [-0.1, -0.05) is 42.4 Å². The molecule has 0 bridgehead atoms. The van der Waals surface area contributed by atoms with Crippen LogP contribution in [0.15, 0.2) is 59.8 Å². The number of Topliss-reactive ketones (excluding diaryl/α,β-unsaturated/α-hetero) is 1. The Hall–Kier alpha value is -2.57. The molecule has 1 aliphatic rings. The molecule has 1 aliphatic heterocycles. The van der Waals surface area contributed by atoms with Gasteiger partial charge in [-0.3, -0.25) is 9.69 Å². The average Bonchev–Trinajstić information content (AvgIpc) is 3.29. The Morgan fingerprint density at radius 3 is 2.58 bits per heavy atom. The second-order valence-electron chi connectivity index (χ2n) is 8.19. The molecule has 31 heavy (non-hydrogen) atoms. The average molecular weight is 426 g/mol. The maximum absolute atomic E-state index is 13.3. The van der Waals surface area contributed by atoms with Crippen LogP contribution in [0.1, 0.15) is 55.5 Å². The summed E-state index contributed by atoms with van der Waals surface area (Å²) < 4.78 is 13.3. The quantitative estimate of drug-likeness (QED) is 0.348. The lowest BCUT2D eigenvalue weighted by atomic mass is 9.99. The van der Waals surface area contributed by atoms with Gasteiger partial charge in [0.05, 0.1) is 11.8 Å². The molecule has 2 aromatic rings. The lowest BCUT2D eigenvalue weighted by Crippen LogP contribution is -2.43. The minimum Gasteiger partial charge on any atom is -0.394 e. The number of nitrogens with zero attached hydrogens (tertiary/aromatic N) is 2. The molecular weight excluding hydrogens is 393 g/mol. The zero-order chi connectivity index (χ0) is 22.2.